The number of nitrogens with one attached hydrogen (secondary N) is 1. The Bertz CT molecular complexity index is 264. The normalized spacial score (nSPS) is 33.3. The summed E-state index contributed by atoms with van der Waals surface area (Å²) in [5, 5.41) is 3.28. The Balaban J connectivity index is 1.84. The third-order valence-electron chi connectivity index (χ3n) is 3.97. The molecule has 0 bridgehead atoms. The zero-order valence-corrected chi connectivity index (χ0v) is 10.9. The third kappa shape index (κ3) is 2.99. The molecule has 4 heteroatoms. The maximum atomic E-state index is 12.2. The van der Waals surface area contributed by atoms with Gasteiger partial charge in [-0.15, -0.1) is 0 Å². The van der Waals surface area contributed by atoms with Crippen molar-refractivity contribution >= 4 is 5.91 Å². The van der Waals surface area contributed by atoms with E-state index in [1.54, 1.807) is 0 Å². The molecule has 2 aliphatic heterocycles. The maximum Gasteiger partial charge on any atom is 0.239 e. The van der Waals surface area contributed by atoms with E-state index in [0.717, 1.165) is 45.7 Å². The van der Waals surface area contributed by atoms with E-state index in [1.807, 2.05) is 11.8 Å². The number of amides is 1. The zero-order valence-electron chi connectivity index (χ0n) is 10.9. The molecular weight excluding hydrogens is 216 g/mol. The van der Waals surface area contributed by atoms with E-state index in [2.05, 4.69) is 12.2 Å². The molecule has 0 unspecified atom stereocenters. The Morgan fingerprint density at radius 2 is 2.29 bits per heavy atom. The van der Waals surface area contributed by atoms with E-state index in [1.165, 1.54) is 0 Å². The first kappa shape index (κ1) is 12.8. The molecule has 0 radical (unpaired) electrons. The summed E-state index contributed by atoms with van der Waals surface area (Å²) < 4.78 is 5.49. The summed E-state index contributed by atoms with van der Waals surface area (Å²) in [4.78, 5) is 14.3. The lowest BCUT2D eigenvalue weighted by Crippen LogP contribution is -2.42. The van der Waals surface area contributed by atoms with E-state index < -0.39 is 0 Å². The number of rotatable bonds is 4. The summed E-state index contributed by atoms with van der Waals surface area (Å²) >= 11 is 0. The minimum Gasteiger partial charge on any atom is -0.381 e. The van der Waals surface area contributed by atoms with Crippen LogP contribution in [-0.4, -0.2) is 49.7 Å². The molecule has 98 valence electrons. The predicted octanol–water partition coefficient (Wildman–Crippen LogP) is 0.869. The summed E-state index contributed by atoms with van der Waals surface area (Å²) in [5.41, 5.74) is 0. The van der Waals surface area contributed by atoms with E-state index in [9.17, 15) is 4.79 Å². The molecule has 0 aromatic heterocycles. The van der Waals surface area contributed by atoms with Crippen molar-refractivity contribution in [3.05, 3.63) is 0 Å². The summed E-state index contributed by atoms with van der Waals surface area (Å²) in [7, 11) is 0. The SMILES string of the molecule is CCOC[C@@H]1CN(C(=O)[C@@H]2CCCN2)C[C@H]1C. The van der Waals surface area contributed by atoms with Gasteiger partial charge in [0.2, 0.25) is 5.91 Å². The van der Waals surface area contributed by atoms with Gasteiger partial charge in [-0.25, -0.2) is 0 Å². The van der Waals surface area contributed by atoms with Gasteiger partial charge in [-0.1, -0.05) is 6.92 Å². The molecule has 0 aliphatic carbocycles. The van der Waals surface area contributed by atoms with Crippen molar-refractivity contribution in [3.8, 4) is 0 Å². The highest BCUT2D eigenvalue weighted by Gasteiger charge is 2.35. The van der Waals surface area contributed by atoms with Gasteiger partial charge in [0.15, 0.2) is 0 Å². The van der Waals surface area contributed by atoms with Gasteiger partial charge in [-0.05, 0) is 32.2 Å². The fourth-order valence-corrected chi connectivity index (χ4v) is 2.82. The van der Waals surface area contributed by atoms with Gasteiger partial charge in [0.25, 0.3) is 0 Å². The van der Waals surface area contributed by atoms with Crippen molar-refractivity contribution in [3.63, 3.8) is 0 Å². The lowest BCUT2D eigenvalue weighted by atomic mass is 9.99. The molecule has 3 atom stereocenters. The molecule has 2 aliphatic rings. The topological polar surface area (TPSA) is 41.6 Å². The second kappa shape index (κ2) is 5.83. The quantitative estimate of drug-likeness (QED) is 0.793. The zero-order chi connectivity index (χ0) is 12.3. The number of hydrogen-bond acceptors (Lipinski definition) is 3. The largest absolute Gasteiger partial charge is 0.381 e. The van der Waals surface area contributed by atoms with Crippen LogP contribution in [0.3, 0.4) is 0 Å². The third-order valence-corrected chi connectivity index (χ3v) is 3.97. The molecule has 17 heavy (non-hydrogen) atoms. The standard InChI is InChI=1S/C13H24N2O2/c1-3-17-9-11-8-15(7-10(11)2)13(16)12-5-4-6-14-12/h10-12,14H,3-9H2,1-2H3/t10-,11+,12+/m1/s1. The molecule has 2 rings (SSSR count). The first-order valence-corrected chi connectivity index (χ1v) is 6.82. The molecule has 0 saturated carbocycles. The first-order valence-electron chi connectivity index (χ1n) is 6.82. The van der Waals surface area contributed by atoms with Crippen LogP contribution in [0.2, 0.25) is 0 Å². The predicted molar refractivity (Wildman–Crippen MR) is 66.8 cm³/mol. The highest BCUT2D eigenvalue weighted by Crippen LogP contribution is 2.24. The van der Waals surface area contributed by atoms with Crippen molar-refractivity contribution < 1.29 is 9.53 Å². The van der Waals surface area contributed by atoms with Crippen LogP contribution in [0.4, 0.5) is 0 Å². The number of hydrogen-bond donors (Lipinski definition) is 1. The number of carbonyl (C=O) groups excluding carboxylic acids is 1. The lowest BCUT2D eigenvalue weighted by molar-refractivity contribution is -0.132. The Hall–Kier alpha value is -0.610. The highest BCUT2D eigenvalue weighted by molar-refractivity contribution is 5.82. The van der Waals surface area contributed by atoms with Crippen LogP contribution in [0.5, 0.6) is 0 Å². The van der Waals surface area contributed by atoms with E-state index >= 15 is 0 Å². The van der Waals surface area contributed by atoms with Gasteiger partial charge in [0.05, 0.1) is 12.6 Å². The van der Waals surface area contributed by atoms with Gasteiger partial charge in [-0.3, -0.25) is 4.79 Å². The van der Waals surface area contributed by atoms with Crippen LogP contribution in [0.15, 0.2) is 0 Å². The molecule has 1 N–H and O–H groups in total. The molecule has 0 aromatic rings. The average Bonchev–Trinajstić information content (AvgIpc) is 2.95. The number of carbonyl (C=O) groups is 1. The molecule has 0 aromatic carbocycles. The molecule has 2 heterocycles. The van der Waals surface area contributed by atoms with Crippen LogP contribution >= 0.6 is 0 Å². The van der Waals surface area contributed by atoms with Crippen LogP contribution in [0, 0.1) is 11.8 Å². The summed E-state index contributed by atoms with van der Waals surface area (Å²) in [6.45, 7) is 8.56. The molecule has 4 nitrogen and oxygen atoms in total. The summed E-state index contributed by atoms with van der Waals surface area (Å²) in [6, 6.07) is 0.0769. The Kier molecular flexibility index (Phi) is 4.40. The molecule has 2 fully saturated rings. The van der Waals surface area contributed by atoms with Crippen molar-refractivity contribution in [1.82, 2.24) is 10.2 Å². The molecule has 1 amide bonds. The van der Waals surface area contributed by atoms with Crippen molar-refractivity contribution in [1.29, 1.82) is 0 Å². The summed E-state index contributed by atoms with van der Waals surface area (Å²) in [5.74, 6) is 1.38. The first-order chi connectivity index (χ1) is 8.22. The molecular formula is C13H24N2O2. The Morgan fingerprint density at radius 3 is 2.94 bits per heavy atom. The van der Waals surface area contributed by atoms with Crippen LogP contribution in [0.25, 0.3) is 0 Å². The smallest absolute Gasteiger partial charge is 0.239 e. The van der Waals surface area contributed by atoms with Gasteiger partial charge in [-0.2, -0.15) is 0 Å². The minimum atomic E-state index is 0.0769. The monoisotopic (exact) mass is 240 g/mol. The second-order valence-electron chi connectivity index (χ2n) is 5.29. The average molecular weight is 240 g/mol. The minimum absolute atomic E-state index is 0.0769. The van der Waals surface area contributed by atoms with Gasteiger partial charge >= 0.3 is 0 Å². The number of likely N-dealkylation sites (tertiary alicyclic amines) is 1. The van der Waals surface area contributed by atoms with E-state index in [4.69, 9.17) is 4.74 Å². The Labute approximate surface area is 104 Å². The Morgan fingerprint density at radius 1 is 1.47 bits per heavy atom. The van der Waals surface area contributed by atoms with E-state index in [-0.39, 0.29) is 6.04 Å². The fraction of sp³-hybridized carbons (Fsp3) is 0.923. The lowest BCUT2D eigenvalue weighted by Gasteiger charge is -2.20. The second-order valence-corrected chi connectivity index (χ2v) is 5.29. The van der Waals surface area contributed by atoms with Crippen LogP contribution < -0.4 is 5.32 Å². The fourth-order valence-electron chi connectivity index (χ4n) is 2.82. The van der Waals surface area contributed by atoms with Gasteiger partial charge < -0.3 is 15.0 Å². The number of nitrogens with zero attached hydrogens (tertiary/aromatic N) is 1. The molecule has 0 spiro atoms. The summed E-state index contributed by atoms with van der Waals surface area (Å²) in [6.07, 6.45) is 2.13. The van der Waals surface area contributed by atoms with Crippen molar-refractivity contribution in [2.45, 2.75) is 32.7 Å². The van der Waals surface area contributed by atoms with Gasteiger partial charge in [0.1, 0.15) is 0 Å². The van der Waals surface area contributed by atoms with Crippen molar-refractivity contribution in [2.24, 2.45) is 11.8 Å². The highest BCUT2D eigenvalue weighted by atomic mass is 16.5. The number of ether oxygens (including phenoxy) is 1. The van der Waals surface area contributed by atoms with E-state index in [0.29, 0.717) is 17.7 Å². The van der Waals surface area contributed by atoms with Crippen molar-refractivity contribution in [2.75, 3.05) is 32.8 Å². The molecule has 2 saturated heterocycles. The van der Waals surface area contributed by atoms with Gasteiger partial charge in [0, 0.05) is 25.6 Å². The maximum absolute atomic E-state index is 12.2. The van der Waals surface area contributed by atoms with Crippen LogP contribution in [-0.2, 0) is 9.53 Å². The van der Waals surface area contributed by atoms with Crippen LogP contribution in [0.1, 0.15) is 26.7 Å².